The quantitative estimate of drug-likeness (QED) is 0.788. The molecular formula is C17H18N2O. The molecule has 1 heterocycles. The highest BCUT2D eigenvalue weighted by atomic mass is 16.6. The van der Waals surface area contributed by atoms with E-state index in [2.05, 4.69) is 30.3 Å². The van der Waals surface area contributed by atoms with Gasteiger partial charge in [0, 0.05) is 10.9 Å². The number of aromatic nitrogens is 1. The van der Waals surface area contributed by atoms with Crippen LogP contribution in [-0.2, 0) is 6.42 Å². The fourth-order valence-corrected chi connectivity index (χ4v) is 2.75. The molecule has 0 unspecified atom stereocenters. The van der Waals surface area contributed by atoms with Crippen molar-refractivity contribution in [1.82, 2.24) is 4.73 Å². The summed E-state index contributed by atoms with van der Waals surface area (Å²) in [6.45, 7) is 0.623. The third-order valence-electron chi connectivity index (χ3n) is 3.56. The number of hydrogen-bond donors (Lipinski definition) is 1. The fraction of sp³-hybridized carbons (Fsp3) is 0.176. The normalized spacial score (nSPS) is 10.9. The minimum absolute atomic E-state index is 0.623. The Kier molecular flexibility index (Phi) is 3.44. The minimum Gasteiger partial charge on any atom is -0.416 e. The molecule has 0 aliphatic carbocycles. The number of nitrogens with two attached hydrogens (primary N) is 1. The Morgan fingerprint density at radius 2 is 1.70 bits per heavy atom. The second kappa shape index (κ2) is 5.39. The van der Waals surface area contributed by atoms with Crippen LogP contribution in [0.1, 0.15) is 5.56 Å². The molecule has 3 heteroatoms. The third kappa shape index (κ3) is 1.96. The van der Waals surface area contributed by atoms with E-state index in [0.717, 1.165) is 23.2 Å². The van der Waals surface area contributed by atoms with Crippen LogP contribution in [0.25, 0.3) is 22.2 Å². The van der Waals surface area contributed by atoms with E-state index in [1.54, 1.807) is 7.11 Å². The third-order valence-corrected chi connectivity index (χ3v) is 3.56. The van der Waals surface area contributed by atoms with Crippen molar-refractivity contribution in [2.24, 2.45) is 5.73 Å². The summed E-state index contributed by atoms with van der Waals surface area (Å²) in [5.74, 6) is 0. The topological polar surface area (TPSA) is 40.2 Å². The van der Waals surface area contributed by atoms with E-state index >= 15 is 0 Å². The summed E-state index contributed by atoms with van der Waals surface area (Å²) in [6, 6.07) is 18.6. The standard InChI is InChI=1S/C17H18N2O/c1-20-19-16-10-6-5-9-14(16)15(11-12-18)17(19)13-7-3-2-4-8-13/h2-10H,11-12,18H2,1H3. The molecule has 0 spiro atoms. The summed E-state index contributed by atoms with van der Waals surface area (Å²) in [6.07, 6.45) is 0.834. The van der Waals surface area contributed by atoms with Crippen LogP contribution >= 0.6 is 0 Å². The van der Waals surface area contributed by atoms with Crippen molar-refractivity contribution >= 4 is 10.9 Å². The Balaban J connectivity index is 2.36. The van der Waals surface area contributed by atoms with Crippen molar-refractivity contribution in [2.75, 3.05) is 13.7 Å². The van der Waals surface area contributed by atoms with Gasteiger partial charge in [0.1, 0.15) is 7.11 Å². The maximum atomic E-state index is 5.80. The van der Waals surface area contributed by atoms with Crippen LogP contribution in [0.2, 0.25) is 0 Å². The van der Waals surface area contributed by atoms with Gasteiger partial charge in [0.25, 0.3) is 0 Å². The van der Waals surface area contributed by atoms with Gasteiger partial charge in [-0.15, -0.1) is 0 Å². The van der Waals surface area contributed by atoms with Crippen molar-refractivity contribution in [1.29, 1.82) is 0 Å². The monoisotopic (exact) mass is 266 g/mol. The molecule has 0 saturated carbocycles. The van der Waals surface area contributed by atoms with E-state index in [-0.39, 0.29) is 0 Å². The summed E-state index contributed by atoms with van der Waals surface area (Å²) < 4.78 is 1.90. The molecule has 0 aliphatic rings. The zero-order valence-corrected chi connectivity index (χ0v) is 11.5. The van der Waals surface area contributed by atoms with Crippen molar-refractivity contribution in [3.8, 4) is 11.3 Å². The number of nitrogens with zero attached hydrogens (tertiary/aromatic N) is 1. The molecule has 2 aromatic carbocycles. The van der Waals surface area contributed by atoms with Crippen molar-refractivity contribution < 1.29 is 4.84 Å². The van der Waals surface area contributed by atoms with Crippen LogP contribution in [0.3, 0.4) is 0 Å². The highest BCUT2D eigenvalue weighted by Crippen LogP contribution is 2.33. The number of benzene rings is 2. The lowest BCUT2D eigenvalue weighted by Crippen LogP contribution is -2.09. The van der Waals surface area contributed by atoms with Crippen LogP contribution < -0.4 is 10.6 Å². The van der Waals surface area contributed by atoms with Gasteiger partial charge in [0.05, 0.1) is 11.2 Å². The molecular weight excluding hydrogens is 248 g/mol. The van der Waals surface area contributed by atoms with Crippen LogP contribution in [0.4, 0.5) is 0 Å². The zero-order chi connectivity index (χ0) is 13.9. The molecule has 102 valence electrons. The summed E-state index contributed by atoms with van der Waals surface area (Å²) >= 11 is 0. The molecule has 0 fully saturated rings. The second-order valence-corrected chi connectivity index (χ2v) is 4.73. The van der Waals surface area contributed by atoms with Gasteiger partial charge >= 0.3 is 0 Å². The van der Waals surface area contributed by atoms with Gasteiger partial charge in [-0.05, 0) is 24.6 Å². The Morgan fingerprint density at radius 1 is 1.00 bits per heavy atom. The van der Waals surface area contributed by atoms with E-state index < -0.39 is 0 Å². The summed E-state index contributed by atoms with van der Waals surface area (Å²) in [5, 5.41) is 1.21. The summed E-state index contributed by atoms with van der Waals surface area (Å²) in [5.41, 5.74) is 10.4. The Bertz CT molecular complexity index is 716. The zero-order valence-electron chi connectivity index (χ0n) is 11.5. The maximum absolute atomic E-state index is 5.80. The van der Waals surface area contributed by atoms with E-state index in [4.69, 9.17) is 10.6 Å². The Morgan fingerprint density at radius 3 is 2.40 bits per heavy atom. The van der Waals surface area contributed by atoms with E-state index in [1.165, 1.54) is 10.9 Å². The first-order valence-corrected chi connectivity index (χ1v) is 6.79. The first kappa shape index (κ1) is 12.8. The molecule has 0 saturated heterocycles. The molecule has 0 amide bonds. The highest BCUT2D eigenvalue weighted by Gasteiger charge is 2.18. The van der Waals surface area contributed by atoms with E-state index in [1.807, 2.05) is 29.0 Å². The summed E-state index contributed by atoms with van der Waals surface area (Å²) in [4.78, 5) is 5.62. The molecule has 0 radical (unpaired) electrons. The Hall–Kier alpha value is -2.26. The van der Waals surface area contributed by atoms with Crippen LogP contribution in [0, 0.1) is 0 Å². The van der Waals surface area contributed by atoms with Gasteiger partial charge in [0.15, 0.2) is 0 Å². The average molecular weight is 266 g/mol. The molecule has 2 N–H and O–H groups in total. The molecule has 1 aromatic heterocycles. The first-order chi connectivity index (χ1) is 9.86. The smallest absolute Gasteiger partial charge is 0.104 e. The highest BCUT2D eigenvalue weighted by molar-refractivity contribution is 5.91. The number of fused-ring (bicyclic) bond motifs is 1. The van der Waals surface area contributed by atoms with Crippen LogP contribution in [-0.4, -0.2) is 18.4 Å². The fourth-order valence-electron chi connectivity index (χ4n) is 2.75. The molecule has 0 atom stereocenters. The number of para-hydroxylation sites is 1. The Labute approximate surface area is 118 Å². The van der Waals surface area contributed by atoms with Crippen molar-refractivity contribution in [3.63, 3.8) is 0 Å². The first-order valence-electron chi connectivity index (χ1n) is 6.79. The summed E-state index contributed by atoms with van der Waals surface area (Å²) in [7, 11) is 1.70. The molecule has 3 aromatic rings. The van der Waals surface area contributed by atoms with Crippen LogP contribution in [0.5, 0.6) is 0 Å². The lowest BCUT2D eigenvalue weighted by atomic mass is 10.0. The van der Waals surface area contributed by atoms with Gasteiger partial charge < -0.3 is 10.6 Å². The molecule has 0 bridgehead atoms. The second-order valence-electron chi connectivity index (χ2n) is 4.73. The lowest BCUT2D eigenvalue weighted by molar-refractivity contribution is 0.183. The molecule has 0 aliphatic heterocycles. The van der Waals surface area contributed by atoms with E-state index in [0.29, 0.717) is 6.54 Å². The van der Waals surface area contributed by atoms with Crippen molar-refractivity contribution in [2.45, 2.75) is 6.42 Å². The van der Waals surface area contributed by atoms with Gasteiger partial charge in [-0.2, -0.15) is 4.73 Å². The molecule has 3 rings (SSSR count). The van der Waals surface area contributed by atoms with Gasteiger partial charge in [-0.25, -0.2) is 0 Å². The maximum Gasteiger partial charge on any atom is 0.104 e. The lowest BCUT2D eigenvalue weighted by Gasteiger charge is -2.10. The average Bonchev–Trinajstić information content (AvgIpc) is 2.82. The van der Waals surface area contributed by atoms with Gasteiger partial charge in [0.2, 0.25) is 0 Å². The molecule has 20 heavy (non-hydrogen) atoms. The predicted molar refractivity (Wildman–Crippen MR) is 82.6 cm³/mol. The minimum atomic E-state index is 0.623. The van der Waals surface area contributed by atoms with E-state index in [9.17, 15) is 0 Å². The van der Waals surface area contributed by atoms with Gasteiger partial charge in [-0.1, -0.05) is 48.5 Å². The molecule has 3 nitrogen and oxygen atoms in total. The van der Waals surface area contributed by atoms with Crippen LogP contribution in [0.15, 0.2) is 54.6 Å². The van der Waals surface area contributed by atoms with Gasteiger partial charge in [-0.3, -0.25) is 0 Å². The number of hydrogen-bond acceptors (Lipinski definition) is 2. The predicted octanol–water partition coefficient (Wildman–Crippen LogP) is 2.87. The largest absolute Gasteiger partial charge is 0.416 e. The number of rotatable bonds is 4. The van der Waals surface area contributed by atoms with Crippen molar-refractivity contribution in [3.05, 3.63) is 60.2 Å². The SMILES string of the molecule is COn1c(-c2ccccc2)c(CCN)c2ccccc21.